The number of anilines is 1. The van der Waals surface area contributed by atoms with Gasteiger partial charge in [-0.3, -0.25) is 4.79 Å². The molecular weight excluding hydrogens is 380 g/mol. The van der Waals surface area contributed by atoms with Crippen LogP contribution in [0.2, 0.25) is 0 Å². The number of amides is 1. The maximum Gasteiger partial charge on any atom is 0.234 e. The number of hydrogen-bond donors (Lipinski definition) is 1. The summed E-state index contributed by atoms with van der Waals surface area (Å²) in [7, 11) is 0. The van der Waals surface area contributed by atoms with E-state index >= 15 is 0 Å². The van der Waals surface area contributed by atoms with Gasteiger partial charge in [0.25, 0.3) is 0 Å². The third kappa shape index (κ3) is 4.66. The van der Waals surface area contributed by atoms with Crippen molar-refractivity contribution in [2.45, 2.75) is 25.0 Å². The molecule has 0 aliphatic carbocycles. The molecule has 29 heavy (non-hydrogen) atoms. The second-order valence-electron chi connectivity index (χ2n) is 6.70. The van der Waals surface area contributed by atoms with Crippen molar-refractivity contribution < 1.29 is 4.79 Å². The maximum absolute atomic E-state index is 12.4. The number of carbonyl (C=O) groups is 1. The molecule has 3 aromatic carbocycles. The fraction of sp³-hybridized carbons (Fsp3) is 0.174. The van der Waals surface area contributed by atoms with Crippen LogP contribution in [0.4, 0.5) is 5.69 Å². The molecule has 146 valence electrons. The molecular formula is C23H22N4OS. The van der Waals surface area contributed by atoms with E-state index in [9.17, 15) is 4.79 Å². The van der Waals surface area contributed by atoms with Crippen molar-refractivity contribution in [3.63, 3.8) is 0 Å². The predicted molar refractivity (Wildman–Crippen MR) is 118 cm³/mol. The van der Waals surface area contributed by atoms with Gasteiger partial charge in [-0.1, -0.05) is 72.4 Å². The van der Waals surface area contributed by atoms with E-state index in [2.05, 4.69) is 45.2 Å². The van der Waals surface area contributed by atoms with Crippen LogP contribution < -0.4 is 5.32 Å². The first-order chi connectivity index (χ1) is 14.2. The van der Waals surface area contributed by atoms with Gasteiger partial charge in [0, 0.05) is 18.7 Å². The molecule has 0 bridgehead atoms. The van der Waals surface area contributed by atoms with E-state index in [0.717, 1.165) is 40.4 Å². The lowest BCUT2D eigenvalue weighted by molar-refractivity contribution is -0.113. The van der Waals surface area contributed by atoms with Crippen molar-refractivity contribution in [2.24, 2.45) is 0 Å². The Morgan fingerprint density at radius 3 is 2.52 bits per heavy atom. The summed E-state index contributed by atoms with van der Waals surface area (Å²) >= 11 is 1.41. The Kier molecular flexibility index (Phi) is 5.91. The third-order valence-electron chi connectivity index (χ3n) is 4.68. The Bertz CT molecular complexity index is 1120. The average Bonchev–Trinajstić information content (AvgIpc) is 3.14. The summed E-state index contributed by atoms with van der Waals surface area (Å²) in [6.45, 7) is 2.83. The zero-order chi connectivity index (χ0) is 20.1. The standard InChI is InChI=1S/C23H22N4OS/c1-2-27-21(14-17-8-4-3-5-9-17)25-26-23(27)29-16-22(28)24-20-13-12-18-10-6-7-11-19(18)15-20/h3-13,15H,2,14,16H2,1H3,(H,24,28). The van der Waals surface area contributed by atoms with Gasteiger partial charge < -0.3 is 9.88 Å². The molecule has 0 unspecified atom stereocenters. The molecule has 1 aromatic heterocycles. The minimum Gasteiger partial charge on any atom is -0.325 e. The summed E-state index contributed by atoms with van der Waals surface area (Å²) in [5.74, 6) is 1.15. The second kappa shape index (κ2) is 8.92. The minimum absolute atomic E-state index is 0.0551. The van der Waals surface area contributed by atoms with Gasteiger partial charge >= 0.3 is 0 Å². The Morgan fingerprint density at radius 1 is 0.966 bits per heavy atom. The van der Waals surface area contributed by atoms with Gasteiger partial charge in [-0.05, 0) is 35.4 Å². The largest absolute Gasteiger partial charge is 0.325 e. The minimum atomic E-state index is -0.0551. The van der Waals surface area contributed by atoms with E-state index in [0.29, 0.717) is 0 Å². The Hall–Kier alpha value is -3.12. The van der Waals surface area contributed by atoms with Crippen LogP contribution in [0.5, 0.6) is 0 Å². The fourth-order valence-electron chi connectivity index (χ4n) is 3.25. The third-order valence-corrected chi connectivity index (χ3v) is 5.65. The van der Waals surface area contributed by atoms with Gasteiger partial charge in [0.1, 0.15) is 5.82 Å². The van der Waals surface area contributed by atoms with Gasteiger partial charge in [0.05, 0.1) is 5.75 Å². The monoisotopic (exact) mass is 402 g/mol. The summed E-state index contributed by atoms with van der Waals surface area (Å²) in [6, 6.07) is 24.2. The second-order valence-corrected chi connectivity index (χ2v) is 7.65. The van der Waals surface area contributed by atoms with Crippen molar-refractivity contribution >= 4 is 34.1 Å². The molecule has 1 N–H and O–H groups in total. The van der Waals surface area contributed by atoms with Crippen LogP contribution in [0.15, 0.2) is 78.0 Å². The lowest BCUT2D eigenvalue weighted by Crippen LogP contribution is -2.14. The zero-order valence-electron chi connectivity index (χ0n) is 16.2. The molecule has 0 fully saturated rings. The van der Waals surface area contributed by atoms with E-state index in [4.69, 9.17) is 0 Å². The number of rotatable bonds is 7. The Balaban J connectivity index is 1.39. The normalized spacial score (nSPS) is 10.9. The van der Waals surface area contributed by atoms with Crippen molar-refractivity contribution in [1.82, 2.24) is 14.8 Å². The molecule has 0 atom stereocenters. The van der Waals surface area contributed by atoms with Crippen molar-refractivity contribution in [1.29, 1.82) is 0 Å². The summed E-state index contributed by atoms with van der Waals surface area (Å²) in [4.78, 5) is 12.4. The molecule has 4 rings (SSSR count). The fourth-order valence-corrected chi connectivity index (χ4v) is 4.07. The van der Waals surface area contributed by atoms with Crippen LogP contribution in [0.25, 0.3) is 10.8 Å². The van der Waals surface area contributed by atoms with E-state index < -0.39 is 0 Å². The zero-order valence-corrected chi connectivity index (χ0v) is 17.0. The number of nitrogens with one attached hydrogen (secondary N) is 1. The van der Waals surface area contributed by atoms with Crippen molar-refractivity contribution in [3.8, 4) is 0 Å². The molecule has 6 heteroatoms. The molecule has 4 aromatic rings. The summed E-state index contributed by atoms with van der Waals surface area (Å²) in [5.41, 5.74) is 2.00. The van der Waals surface area contributed by atoms with Crippen LogP contribution in [0, 0.1) is 0 Å². The molecule has 0 spiro atoms. The highest BCUT2D eigenvalue weighted by molar-refractivity contribution is 7.99. The molecule has 5 nitrogen and oxygen atoms in total. The quantitative estimate of drug-likeness (QED) is 0.452. The Labute approximate surface area is 174 Å². The summed E-state index contributed by atoms with van der Waals surface area (Å²) in [5, 5.41) is 14.6. The number of aromatic nitrogens is 3. The highest BCUT2D eigenvalue weighted by Crippen LogP contribution is 2.21. The van der Waals surface area contributed by atoms with Crippen LogP contribution in [-0.4, -0.2) is 26.4 Å². The average molecular weight is 403 g/mol. The number of hydrogen-bond acceptors (Lipinski definition) is 4. The van der Waals surface area contributed by atoms with Crippen molar-refractivity contribution in [3.05, 3.63) is 84.2 Å². The molecule has 1 heterocycles. The van der Waals surface area contributed by atoms with Crippen molar-refractivity contribution in [2.75, 3.05) is 11.1 Å². The number of thioether (sulfide) groups is 1. The van der Waals surface area contributed by atoms with Crippen LogP contribution >= 0.6 is 11.8 Å². The number of fused-ring (bicyclic) bond motifs is 1. The van der Waals surface area contributed by atoms with E-state index in [1.807, 2.05) is 54.6 Å². The number of nitrogens with zero attached hydrogens (tertiary/aromatic N) is 3. The van der Waals surface area contributed by atoms with E-state index in [-0.39, 0.29) is 11.7 Å². The maximum atomic E-state index is 12.4. The Morgan fingerprint density at radius 2 is 1.72 bits per heavy atom. The molecule has 0 aliphatic rings. The number of carbonyl (C=O) groups excluding carboxylic acids is 1. The topological polar surface area (TPSA) is 59.8 Å². The first kappa shape index (κ1) is 19.2. The lowest BCUT2D eigenvalue weighted by atomic mass is 10.1. The van der Waals surface area contributed by atoms with Gasteiger partial charge in [0.15, 0.2) is 5.16 Å². The SMILES string of the molecule is CCn1c(Cc2ccccc2)nnc1SCC(=O)Nc1ccc2ccccc2c1. The van der Waals surface area contributed by atoms with E-state index in [1.54, 1.807) is 0 Å². The summed E-state index contributed by atoms with van der Waals surface area (Å²) < 4.78 is 2.07. The molecule has 0 aliphatic heterocycles. The van der Waals surface area contributed by atoms with E-state index in [1.165, 1.54) is 17.3 Å². The first-order valence-corrected chi connectivity index (χ1v) is 10.6. The van der Waals surface area contributed by atoms with Crippen LogP contribution in [-0.2, 0) is 17.8 Å². The molecule has 0 saturated carbocycles. The molecule has 1 amide bonds. The molecule has 0 radical (unpaired) electrons. The smallest absolute Gasteiger partial charge is 0.234 e. The predicted octanol–water partition coefficient (Wildman–Crippen LogP) is 4.77. The van der Waals surface area contributed by atoms with Crippen LogP contribution in [0.1, 0.15) is 18.3 Å². The van der Waals surface area contributed by atoms with Gasteiger partial charge in [-0.2, -0.15) is 0 Å². The highest BCUT2D eigenvalue weighted by atomic mass is 32.2. The highest BCUT2D eigenvalue weighted by Gasteiger charge is 2.13. The first-order valence-electron chi connectivity index (χ1n) is 9.60. The summed E-state index contributed by atoms with van der Waals surface area (Å²) in [6.07, 6.45) is 0.728. The van der Waals surface area contributed by atoms with Gasteiger partial charge in [-0.15, -0.1) is 10.2 Å². The number of benzene rings is 3. The van der Waals surface area contributed by atoms with Crippen LogP contribution in [0.3, 0.4) is 0 Å². The van der Waals surface area contributed by atoms with Gasteiger partial charge in [0.2, 0.25) is 5.91 Å². The van der Waals surface area contributed by atoms with Gasteiger partial charge in [-0.25, -0.2) is 0 Å². The molecule has 0 saturated heterocycles. The lowest BCUT2D eigenvalue weighted by Gasteiger charge is -2.08.